The van der Waals surface area contributed by atoms with E-state index in [1.807, 2.05) is 6.92 Å². The van der Waals surface area contributed by atoms with E-state index in [2.05, 4.69) is 15.0 Å². The van der Waals surface area contributed by atoms with Crippen LogP contribution in [0.2, 0.25) is 0 Å². The van der Waals surface area contributed by atoms with Gasteiger partial charge < -0.3 is 39.0 Å². The van der Waals surface area contributed by atoms with Crippen LogP contribution in [0.1, 0.15) is 24.2 Å². The number of urea groups is 1. The number of fused-ring (bicyclic) bond motifs is 2. The van der Waals surface area contributed by atoms with Crippen molar-refractivity contribution in [3.05, 3.63) is 54.5 Å². The fourth-order valence-electron chi connectivity index (χ4n) is 4.79. The second-order valence-electron chi connectivity index (χ2n) is 10.7. The molecule has 230 valence electrons. The topological polar surface area (TPSA) is 165 Å². The van der Waals surface area contributed by atoms with Crippen LogP contribution >= 0.6 is 0 Å². The maximum Gasteiger partial charge on any atom is 0.321 e. The zero-order valence-corrected chi connectivity index (χ0v) is 25.0. The summed E-state index contributed by atoms with van der Waals surface area (Å²) >= 11 is 0. The van der Waals surface area contributed by atoms with Crippen molar-refractivity contribution < 1.29 is 37.3 Å². The lowest BCUT2D eigenvalue weighted by atomic mass is 9.99. The molecule has 2 aliphatic rings. The van der Waals surface area contributed by atoms with Gasteiger partial charge in [-0.1, -0.05) is 6.92 Å². The third kappa shape index (κ3) is 6.46. The van der Waals surface area contributed by atoms with Crippen molar-refractivity contribution in [3.63, 3.8) is 0 Å². The molecule has 3 aromatic rings. The minimum atomic E-state index is -4.02. The summed E-state index contributed by atoms with van der Waals surface area (Å²) in [5, 5.41) is 12.6. The SMILES string of the molecule is C[C@@H]1CN([C@H](C)CO)C(=O)c2cc(NS(=O)(=O)c3cn(C)cn3)ccc2O[C@@H]1CN(C)C(=O)Nc1ccc2c(c1)OCO2. The number of carbonyl (C=O) groups is 2. The lowest BCUT2D eigenvalue weighted by Crippen LogP contribution is -2.50. The highest BCUT2D eigenvalue weighted by molar-refractivity contribution is 7.92. The first kappa shape index (κ1) is 30.0. The van der Waals surface area contributed by atoms with Crippen molar-refractivity contribution >= 4 is 33.3 Å². The van der Waals surface area contributed by atoms with Crippen LogP contribution in [0.25, 0.3) is 0 Å². The number of nitrogens with zero attached hydrogens (tertiary/aromatic N) is 4. The Morgan fingerprint density at radius 1 is 1.16 bits per heavy atom. The standard InChI is InChI=1S/C28H34N6O8S/c1-17-11-34(18(2)14-35)27(36)21-9-20(31-43(38,39)26-13-32(3)15-29-26)6-7-22(21)42-25(17)12-33(4)28(37)30-19-5-8-23-24(10-19)41-16-40-23/h5-10,13,15,17-18,25,31,35H,11-12,14,16H2,1-4H3,(H,30,37)/t17-,18-,25-/m1/s1. The number of likely N-dealkylation sites (N-methyl/N-ethyl adjacent to an activating group) is 1. The predicted molar refractivity (Wildman–Crippen MR) is 156 cm³/mol. The van der Waals surface area contributed by atoms with Gasteiger partial charge >= 0.3 is 6.03 Å². The molecule has 3 N–H and O–H groups in total. The number of carbonyl (C=O) groups excluding carboxylic acids is 2. The summed E-state index contributed by atoms with van der Waals surface area (Å²) < 4.78 is 46.7. The van der Waals surface area contributed by atoms with Gasteiger partial charge in [-0.15, -0.1) is 0 Å². The number of aryl methyl sites for hydroxylation is 1. The Morgan fingerprint density at radius 3 is 2.60 bits per heavy atom. The van der Waals surface area contributed by atoms with E-state index in [1.165, 1.54) is 45.1 Å². The van der Waals surface area contributed by atoms with Crippen molar-refractivity contribution in [2.24, 2.45) is 13.0 Å². The number of sulfonamides is 1. The van der Waals surface area contributed by atoms with Crippen LogP contribution in [0.4, 0.5) is 16.2 Å². The highest BCUT2D eigenvalue weighted by Crippen LogP contribution is 2.35. The van der Waals surface area contributed by atoms with Crippen molar-refractivity contribution in [2.45, 2.75) is 31.0 Å². The van der Waals surface area contributed by atoms with E-state index in [-0.39, 0.29) is 60.5 Å². The van der Waals surface area contributed by atoms with Crippen LogP contribution in [0.15, 0.2) is 53.9 Å². The van der Waals surface area contributed by atoms with Crippen molar-refractivity contribution in [1.29, 1.82) is 0 Å². The zero-order chi connectivity index (χ0) is 30.9. The van der Waals surface area contributed by atoms with Gasteiger partial charge in [0.1, 0.15) is 11.9 Å². The van der Waals surface area contributed by atoms with Gasteiger partial charge in [0, 0.05) is 50.2 Å². The molecule has 0 unspecified atom stereocenters. The number of aromatic nitrogens is 2. The lowest BCUT2D eigenvalue weighted by molar-refractivity contribution is 0.0371. The average Bonchev–Trinajstić information content (AvgIpc) is 3.63. The van der Waals surface area contributed by atoms with Crippen LogP contribution in [-0.4, -0.2) is 90.5 Å². The van der Waals surface area contributed by atoms with Crippen LogP contribution in [0, 0.1) is 5.92 Å². The largest absolute Gasteiger partial charge is 0.487 e. The van der Waals surface area contributed by atoms with Gasteiger partial charge in [0.2, 0.25) is 6.79 Å². The number of benzene rings is 2. The molecule has 1 aromatic heterocycles. The average molecular weight is 615 g/mol. The van der Waals surface area contributed by atoms with Gasteiger partial charge in [-0.2, -0.15) is 8.42 Å². The summed E-state index contributed by atoms with van der Waals surface area (Å²) in [5.74, 6) is 0.704. The Bertz CT molecular complexity index is 1630. The second kappa shape index (κ2) is 12.0. The number of nitrogens with one attached hydrogen (secondary N) is 2. The molecule has 2 aliphatic heterocycles. The summed E-state index contributed by atoms with van der Waals surface area (Å²) in [6.07, 6.45) is 2.18. The van der Waals surface area contributed by atoms with Crippen LogP contribution in [0.3, 0.4) is 0 Å². The zero-order valence-electron chi connectivity index (χ0n) is 24.2. The highest BCUT2D eigenvalue weighted by Gasteiger charge is 2.34. The molecule has 0 saturated carbocycles. The van der Waals surface area contributed by atoms with E-state index in [4.69, 9.17) is 14.2 Å². The number of amides is 3. The molecule has 2 aromatic carbocycles. The van der Waals surface area contributed by atoms with Crippen molar-refractivity contribution in [3.8, 4) is 17.2 Å². The molecule has 14 nitrogen and oxygen atoms in total. The molecule has 0 radical (unpaired) electrons. The molecule has 0 spiro atoms. The quantitative estimate of drug-likeness (QED) is 0.345. The fourth-order valence-corrected chi connectivity index (χ4v) is 5.82. The van der Waals surface area contributed by atoms with E-state index in [9.17, 15) is 23.1 Å². The fraction of sp³-hybridized carbons (Fsp3) is 0.393. The maximum atomic E-state index is 13.7. The van der Waals surface area contributed by atoms with Gasteiger partial charge in [0.25, 0.3) is 15.9 Å². The summed E-state index contributed by atoms with van der Waals surface area (Å²) in [6, 6.07) is 8.61. The normalized spacial score (nSPS) is 18.6. The number of hydrogen-bond acceptors (Lipinski definition) is 9. The molecule has 5 rings (SSSR count). The summed E-state index contributed by atoms with van der Waals surface area (Å²) in [7, 11) is -0.731. The third-order valence-corrected chi connectivity index (χ3v) is 8.56. The second-order valence-corrected chi connectivity index (χ2v) is 12.3. The predicted octanol–water partition coefficient (Wildman–Crippen LogP) is 2.33. The van der Waals surface area contributed by atoms with E-state index >= 15 is 0 Å². The van der Waals surface area contributed by atoms with Crippen LogP contribution in [0.5, 0.6) is 17.2 Å². The smallest absolute Gasteiger partial charge is 0.321 e. The van der Waals surface area contributed by atoms with Crippen molar-refractivity contribution in [2.75, 3.05) is 43.6 Å². The Balaban J connectivity index is 1.38. The minimum absolute atomic E-state index is 0.117. The van der Waals surface area contributed by atoms with E-state index < -0.39 is 28.1 Å². The Hall–Kier alpha value is -4.50. The molecule has 3 heterocycles. The molecular formula is C28H34N6O8S. The molecular weight excluding hydrogens is 580 g/mol. The number of ether oxygens (including phenoxy) is 3. The molecule has 0 bridgehead atoms. The number of aliphatic hydroxyl groups is 1. The molecule has 0 aliphatic carbocycles. The molecule has 15 heteroatoms. The van der Waals surface area contributed by atoms with Gasteiger partial charge in [0.05, 0.1) is 31.1 Å². The van der Waals surface area contributed by atoms with Crippen LogP contribution in [-0.2, 0) is 17.1 Å². The molecule has 3 amide bonds. The van der Waals surface area contributed by atoms with Gasteiger partial charge in [-0.25, -0.2) is 9.78 Å². The number of aliphatic hydroxyl groups excluding tert-OH is 1. The highest BCUT2D eigenvalue weighted by atomic mass is 32.2. The molecule has 3 atom stereocenters. The van der Waals surface area contributed by atoms with Crippen LogP contribution < -0.4 is 24.2 Å². The number of anilines is 2. The first-order valence-corrected chi connectivity index (χ1v) is 15.1. The first-order valence-electron chi connectivity index (χ1n) is 13.6. The Labute approximate surface area is 249 Å². The van der Waals surface area contributed by atoms with Gasteiger partial charge in [0.15, 0.2) is 16.5 Å². The molecule has 0 saturated heterocycles. The number of hydrogen-bond donors (Lipinski definition) is 3. The molecule has 0 fully saturated rings. The van der Waals surface area contributed by atoms with E-state index in [0.29, 0.717) is 17.2 Å². The van der Waals surface area contributed by atoms with E-state index in [0.717, 1.165) is 0 Å². The Kier molecular flexibility index (Phi) is 8.37. The number of rotatable bonds is 8. The third-order valence-electron chi connectivity index (χ3n) is 7.30. The first-order chi connectivity index (χ1) is 20.4. The van der Waals surface area contributed by atoms with Gasteiger partial charge in [-0.3, -0.25) is 9.52 Å². The summed E-state index contributed by atoms with van der Waals surface area (Å²) in [6.45, 7) is 3.87. The van der Waals surface area contributed by atoms with E-state index in [1.54, 1.807) is 39.2 Å². The number of imidazole rings is 1. The summed E-state index contributed by atoms with van der Waals surface area (Å²) in [4.78, 5) is 33.7. The van der Waals surface area contributed by atoms with Gasteiger partial charge in [-0.05, 0) is 37.3 Å². The monoisotopic (exact) mass is 614 g/mol. The lowest BCUT2D eigenvalue weighted by Gasteiger charge is -2.38. The summed E-state index contributed by atoms with van der Waals surface area (Å²) in [5.41, 5.74) is 0.793. The minimum Gasteiger partial charge on any atom is -0.487 e. The van der Waals surface area contributed by atoms with Crippen molar-refractivity contribution in [1.82, 2.24) is 19.4 Å². The maximum absolute atomic E-state index is 13.7. The molecule has 43 heavy (non-hydrogen) atoms. The Morgan fingerprint density at radius 2 is 1.88 bits per heavy atom.